The van der Waals surface area contributed by atoms with Crippen LogP contribution in [0.5, 0.6) is 5.75 Å². The fraction of sp³-hybridized carbons (Fsp3) is 0.412. The quantitative estimate of drug-likeness (QED) is 0.791. The van der Waals surface area contributed by atoms with E-state index in [0.29, 0.717) is 11.3 Å². The maximum atomic E-state index is 11.7. The lowest BCUT2D eigenvalue weighted by atomic mass is 10.0. The first-order valence-electron chi connectivity index (χ1n) is 7.17. The van der Waals surface area contributed by atoms with Gasteiger partial charge in [-0.2, -0.15) is 0 Å². The van der Waals surface area contributed by atoms with Crippen LogP contribution >= 0.6 is 0 Å². The van der Waals surface area contributed by atoms with Gasteiger partial charge in [-0.05, 0) is 44.9 Å². The molecule has 0 saturated heterocycles. The molecule has 0 bridgehead atoms. The summed E-state index contributed by atoms with van der Waals surface area (Å²) in [4.78, 5) is 23.0. The monoisotopic (exact) mass is 288 g/mol. The predicted octanol–water partition coefficient (Wildman–Crippen LogP) is 3.41. The van der Waals surface area contributed by atoms with Crippen LogP contribution in [0.4, 0.5) is 0 Å². The third-order valence-electron chi connectivity index (χ3n) is 3.59. The largest absolute Gasteiger partial charge is 0.483 e. The molecule has 0 unspecified atom stereocenters. The zero-order valence-electron chi connectivity index (χ0n) is 12.9. The lowest BCUT2D eigenvalue weighted by Crippen LogP contribution is -2.21. The van der Waals surface area contributed by atoms with Gasteiger partial charge < -0.3 is 9.15 Å². The molecule has 4 heteroatoms. The molecular weight excluding hydrogens is 268 g/mol. The highest BCUT2D eigenvalue weighted by Gasteiger charge is 2.15. The lowest BCUT2D eigenvalue weighted by Gasteiger charge is -2.15. The summed E-state index contributed by atoms with van der Waals surface area (Å²) in [7, 11) is 0. The molecule has 0 aliphatic rings. The molecule has 1 aromatic carbocycles. The van der Waals surface area contributed by atoms with Crippen molar-refractivity contribution < 1.29 is 13.9 Å². The van der Waals surface area contributed by atoms with Gasteiger partial charge in [0.2, 0.25) is 0 Å². The number of ketones is 1. The van der Waals surface area contributed by atoms with Crippen LogP contribution in [0.15, 0.2) is 27.4 Å². The zero-order valence-corrected chi connectivity index (χ0v) is 12.9. The van der Waals surface area contributed by atoms with E-state index < -0.39 is 6.10 Å². The predicted molar refractivity (Wildman–Crippen MR) is 82.0 cm³/mol. The Balaban J connectivity index is 2.56. The number of hydrogen-bond acceptors (Lipinski definition) is 4. The summed E-state index contributed by atoms with van der Waals surface area (Å²) >= 11 is 0. The van der Waals surface area contributed by atoms with Gasteiger partial charge in [-0.15, -0.1) is 0 Å². The van der Waals surface area contributed by atoms with Crippen LogP contribution in [0.3, 0.4) is 0 Å². The molecule has 0 spiro atoms. The highest BCUT2D eigenvalue weighted by molar-refractivity contribution is 5.85. The number of hydrogen-bond donors (Lipinski definition) is 0. The average Bonchev–Trinajstić information content (AvgIpc) is 2.42. The van der Waals surface area contributed by atoms with Gasteiger partial charge in [0.1, 0.15) is 11.3 Å². The fourth-order valence-corrected chi connectivity index (χ4v) is 2.29. The second kappa shape index (κ2) is 6.12. The Morgan fingerprint density at radius 2 is 2.10 bits per heavy atom. The van der Waals surface area contributed by atoms with Crippen molar-refractivity contribution in [3.8, 4) is 5.75 Å². The number of carbonyl (C=O) groups is 1. The zero-order chi connectivity index (χ0) is 15.6. The first-order valence-corrected chi connectivity index (χ1v) is 7.17. The molecular formula is C17H20O4. The summed E-state index contributed by atoms with van der Waals surface area (Å²) in [5.74, 6) is 0.526. The maximum absolute atomic E-state index is 11.7. The molecule has 21 heavy (non-hydrogen) atoms. The molecule has 0 fully saturated rings. The van der Waals surface area contributed by atoms with Gasteiger partial charge in [0.05, 0.1) is 0 Å². The van der Waals surface area contributed by atoms with Crippen LogP contribution in [-0.4, -0.2) is 11.9 Å². The third kappa shape index (κ3) is 3.15. The van der Waals surface area contributed by atoms with Gasteiger partial charge in [0.15, 0.2) is 11.9 Å². The van der Waals surface area contributed by atoms with Gasteiger partial charge >= 0.3 is 5.63 Å². The van der Waals surface area contributed by atoms with Crippen LogP contribution < -0.4 is 10.4 Å². The lowest BCUT2D eigenvalue weighted by molar-refractivity contribution is -0.122. The smallest absolute Gasteiger partial charge is 0.336 e. The number of carbonyl (C=O) groups excluding carboxylic acids is 1. The van der Waals surface area contributed by atoms with Gasteiger partial charge in [0.25, 0.3) is 0 Å². The van der Waals surface area contributed by atoms with Crippen molar-refractivity contribution in [3.05, 3.63) is 39.7 Å². The summed E-state index contributed by atoms with van der Waals surface area (Å²) in [5, 5.41) is 0.928. The highest BCUT2D eigenvalue weighted by atomic mass is 16.5. The summed E-state index contributed by atoms with van der Waals surface area (Å²) in [6.45, 7) is 7.10. The number of ether oxygens (including phenoxy) is 1. The minimum absolute atomic E-state index is 0.0457. The van der Waals surface area contributed by atoms with Gasteiger partial charge in [-0.1, -0.05) is 13.3 Å². The molecule has 0 saturated carbocycles. The SMILES string of the molecule is CCCc1cc(=O)oc2c(C)c(O[C@@H](C)C(C)=O)ccc12. The van der Waals surface area contributed by atoms with Crippen molar-refractivity contribution in [1.82, 2.24) is 0 Å². The second-order valence-corrected chi connectivity index (χ2v) is 5.28. The Morgan fingerprint density at radius 1 is 1.38 bits per heavy atom. The molecule has 0 aliphatic heterocycles. The van der Waals surface area contributed by atoms with Gasteiger partial charge in [0, 0.05) is 17.0 Å². The van der Waals surface area contributed by atoms with E-state index in [4.69, 9.17) is 9.15 Å². The van der Waals surface area contributed by atoms with Crippen molar-refractivity contribution in [3.63, 3.8) is 0 Å². The molecule has 1 atom stereocenters. The minimum Gasteiger partial charge on any atom is -0.483 e. The Labute approximate surface area is 123 Å². The summed E-state index contributed by atoms with van der Waals surface area (Å²) in [5.41, 5.74) is 1.92. The Hall–Kier alpha value is -2.10. The van der Waals surface area contributed by atoms with E-state index in [1.54, 1.807) is 13.0 Å². The fourth-order valence-electron chi connectivity index (χ4n) is 2.29. The molecule has 2 rings (SSSR count). The number of benzene rings is 1. The topological polar surface area (TPSA) is 56.5 Å². The third-order valence-corrected chi connectivity index (χ3v) is 3.59. The highest BCUT2D eigenvalue weighted by Crippen LogP contribution is 2.29. The average molecular weight is 288 g/mol. The van der Waals surface area contributed by atoms with Crippen molar-refractivity contribution in [2.45, 2.75) is 46.6 Å². The molecule has 1 aromatic heterocycles. The number of fused-ring (bicyclic) bond motifs is 1. The first kappa shape index (κ1) is 15.3. The van der Waals surface area contributed by atoms with Gasteiger partial charge in [-0.3, -0.25) is 4.79 Å². The Kier molecular flexibility index (Phi) is 4.46. The van der Waals surface area contributed by atoms with E-state index in [0.717, 1.165) is 29.4 Å². The molecule has 0 amide bonds. The number of aryl methyl sites for hydroxylation is 2. The second-order valence-electron chi connectivity index (χ2n) is 5.28. The molecule has 2 aromatic rings. The standard InChI is InChI=1S/C17H20O4/c1-5-6-13-9-16(19)21-17-10(2)15(8-7-14(13)17)20-12(4)11(3)18/h7-9,12H,5-6H2,1-4H3/t12-/m0/s1. The maximum Gasteiger partial charge on any atom is 0.336 e. The number of rotatable bonds is 5. The molecule has 4 nitrogen and oxygen atoms in total. The Bertz CT molecular complexity index is 727. The summed E-state index contributed by atoms with van der Waals surface area (Å²) in [6, 6.07) is 5.26. The van der Waals surface area contributed by atoms with Crippen LogP contribution in [0.25, 0.3) is 11.0 Å². The Morgan fingerprint density at radius 3 is 2.71 bits per heavy atom. The molecule has 0 N–H and O–H groups in total. The van der Waals surface area contributed by atoms with E-state index >= 15 is 0 Å². The minimum atomic E-state index is -0.522. The van der Waals surface area contributed by atoms with E-state index in [2.05, 4.69) is 6.92 Å². The van der Waals surface area contributed by atoms with E-state index in [9.17, 15) is 9.59 Å². The van der Waals surface area contributed by atoms with E-state index in [1.165, 1.54) is 6.92 Å². The van der Waals surface area contributed by atoms with Crippen molar-refractivity contribution in [2.24, 2.45) is 0 Å². The van der Waals surface area contributed by atoms with Crippen molar-refractivity contribution >= 4 is 16.8 Å². The van der Waals surface area contributed by atoms with Gasteiger partial charge in [-0.25, -0.2) is 4.79 Å². The van der Waals surface area contributed by atoms with Crippen LogP contribution in [0.2, 0.25) is 0 Å². The van der Waals surface area contributed by atoms with E-state index in [-0.39, 0.29) is 11.4 Å². The van der Waals surface area contributed by atoms with E-state index in [1.807, 2.05) is 19.1 Å². The molecule has 0 radical (unpaired) electrons. The first-order chi connectivity index (χ1) is 9.93. The molecule has 112 valence electrons. The molecule has 0 aliphatic carbocycles. The molecule has 1 heterocycles. The van der Waals surface area contributed by atoms with Crippen molar-refractivity contribution in [1.29, 1.82) is 0 Å². The van der Waals surface area contributed by atoms with Crippen LogP contribution in [0, 0.1) is 6.92 Å². The van der Waals surface area contributed by atoms with Crippen molar-refractivity contribution in [2.75, 3.05) is 0 Å². The number of Topliss-reactive ketones (excluding diaryl/α,β-unsaturated/α-hetero) is 1. The summed E-state index contributed by atoms with van der Waals surface area (Å²) in [6.07, 6.45) is 1.26. The van der Waals surface area contributed by atoms with Crippen LogP contribution in [0.1, 0.15) is 38.3 Å². The van der Waals surface area contributed by atoms with Crippen LogP contribution in [-0.2, 0) is 11.2 Å². The summed E-state index contributed by atoms with van der Waals surface area (Å²) < 4.78 is 11.0. The normalized spacial score (nSPS) is 12.4.